The van der Waals surface area contributed by atoms with Crippen LogP contribution in [0.25, 0.3) is 10.9 Å². The van der Waals surface area contributed by atoms with Gasteiger partial charge in [-0.1, -0.05) is 18.6 Å². The Morgan fingerprint density at radius 1 is 1.17 bits per heavy atom. The van der Waals surface area contributed by atoms with Crippen LogP contribution in [0.3, 0.4) is 0 Å². The number of piperidine rings is 1. The minimum absolute atomic E-state index is 0.428. The number of fused-ring (bicyclic) bond motifs is 1. The van der Waals surface area contributed by atoms with Crippen LogP contribution in [0.1, 0.15) is 25.1 Å². The van der Waals surface area contributed by atoms with Crippen molar-refractivity contribution in [1.29, 1.82) is 0 Å². The van der Waals surface area contributed by atoms with Gasteiger partial charge in [0.05, 0.1) is 18.6 Å². The minimum atomic E-state index is 0.428. The second-order valence-electron chi connectivity index (χ2n) is 6.28. The van der Waals surface area contributed by atoms with Crippen LogP contribution >= 0.6 is 0 Å². The normalized spacial score (nSPS) is 18.9. The van der Waals surface area contributed by atoms with Gasteiger partial charge in [-0.2, -0.15) is 5.10 Å². The van der Waals surface area contributed by atoms with Gasteiger partial charge >= 0.3 is 0 Å². The summed E-state index contributed by atoms with van der Waals surface area (Å²) in [5.41, 5.74) is 7.02. The van der Waals surface area contributed by atoms with Crippen LogP contribution in [0.2, 0.25) is 0 Å². The second-order valence-corrected chi connectivity index (χ2v) is 6.28. The van der Waals surface area contributed by atoms with E-state index >= 15 is 0 Å². The van der Waals surface area contributed by atoms with E-state index in [9.17, 15) is 0 Å². The third kappa shape index (κ3) is 3.07. The lowest BCUT2D eigenvalue weighted by Gasteiger charge is -2.35. The van der Waals surface area contributed by atoms with Gasteiger partial charge in [-0.3, -0.25) is 9.58 Å². The molecule has 3 aromatic rings. The first kappa shape index (κ1) is 15.0. The van der Waals surface area contributed by atoms with Crippen LogP contribution in [0.5, 0.6) is 0 Å². The lowest BCUT2D eigenvalue weighted by Crippen LogP contribution is -2.42. The van der Waals surface area contributed by atoms with Gasteiger partial charge in [-0.25, -0.2) is 15.0 Å². The smallest absolute Gasteiger partial charge is 0.145 e. The number of nitrogens with two attached hydrogens (primary N) is 1. The SMILES string of the molecule is Nc1nc(CN2CCCC[C@H]2Cn2cncn2)nc2ccccc12. The predicted molar refractivity (Wildman–Crippen MR) is 92.0 cm³/mol. The number of nitrogen functional groups attached to an aromatic ring is 1. The van der Waals surface area contributed by atoms with Gasteiger partial charge in [0.1, 0.15) is 24.3 Å². The van der Waals surface area contributed by atoms with Gasteiger partial charge in [0.15, 0.2) is 0 Å². The molecule has 1 aliphatic rings. The number of likely N-dealkylation sites (tertiary alicyclic amines) is 1. The second kappa shape index (κ2) is 6.52. The maximum absolute atomic E-state index is 6.11. The van der Waals surface area contributed by atoms with Crippen molar-refractivity contribution in [2.24, 2.45) is 0 Å². The summed E-state index contributed by atoms with van der Waals surface area (Å²) in [6.45, 7) is 2.62. The molecule has 2 aromatic heterocycles. The fourth-order valence-corrected chi connectivity index (χ4v) is 3.42. The summed E-state index contributed by atoms with van der Waals surface area (Å²) in [7, 11) is 0. The maximum atomic E-state index is 6.11. The molecule has 1 aromatic carbocycles. The third-order valence-electron chi connectivity index (χ3n) is 4.64. The zero-order valence-corrected chi connectivity index (χ0v) is 13.5. The first-order valence-electron chi connectivity index (χ1n) is 8.37. The molecule has 1 saturated heterocycles. The topological polar surface area (TPSA) is 85.8 Å². The van der Waals surface area contributed by atoms with Crippen molar-refractivity contribution < 1.29 is 0 Å². The van der Waals surface area contributed by atoms with Crippen LogP contribution < -0.4 is 5.73 Å². The van der Waals surface area contributed by atoms with E-state index in [0.29, 0.717) is 18.4 Å². The zero-order chi connectivity index (χ0) is 16.4. The Bertz CT molecular complexity index is 815. The number of benzene rings is 1. The molecule has 1 atom stereocenters. The number of hydrogen-bond acceptors (Lipinski definition) is 6. The highest BCUT2D eigenvalue weighted by molar-refractivity contribution is 5.87. The molecular weight excluding hydrogens is 302 g/mol. The highest BCUT2D eigenvalue weighted by Gasteiger charge is 2.24. The Kier molecular flexibility index (Phi) is 4.08. The average molecular weight is 323 g/mol. The van der Waals surface area contributed by atoms with Crippen molar-refractivity contribution >= 4 is 16.7 Å². The quantitative estimate of drug-likeness (QED) is 0.789. The van der Waals surface area contributed by atoms with Crippen molar-refractivity contribution in [3.05, 3.63) is 42.7 Å². The molecule has 0 amide bonds. The summed E-state index contributed by atoms with van der Waals surface area (Å²) >= 11 is 0. The Balaban J connectivity index is 1.56. The van der Waals surface area contributed by atoms with Gasteiger partial charge in [0, 0.05) is 11.4 Å². The molecule has 0 bridgehead atoms. The van der Waals surface area contributed by atoms with Crippen molar-refractivity contribution in [1.82, 2.24) is 29.6 Å². The van der Waals surface area contributed by atoms with Gasteiger partial charge in [0.2, 0.25) is 0 Å². The first-order chi connectivity index (χ1) is 11.8. The van der Waals surface area contributed by atoms with E-state index in [4.69, 9.17) is 10.7 Å². The minimum Gasteiger partial charge on any atom is -0.383 e. The number of para-hydroxylation sites is 1. The van der Waals surface area contributed by atoms with Crippen LogP contribution in [0.4, 0.5) is 5.82 Å². The van der Waals surface area contributed by atoms with Crippen molar-refractivity contribution in [2.75, 3.05) is 12.3 Å². The van der Waals surface area contributed by atoms with Crippen molar-refractivity contribution in [3.8, 4) is 0 Å². The Morgan fingerprint density at radius 3 is 2.96 bits per heavy atom. The summed E-state index contributed by atoms with van der Waals surface area (Å²) in [6.07, 6.45) is 6.97. The van der Waals surface area contributed by atoms with E-state index in [2.05, 4.69) is 20.0 Å². The number of hydrogen-bond donors (Lipinski definition) is 1. The summed E-state index contributed by atoms with van der Waals surface area (Å²) in [5.74, 6) is 1.34. The summed E-state index contributed by atoms with van der Waals surface area (Å²) in [5, 5.41) is 5.15. The van der Waals surface area contributed by atoms with Gasteiger partial charge < -0.3 is 5.73 Å². The number of anilines is 1. The molecule has 1 aliphatic heterocycles. The third-order valence-corrected chi connectivity index (χ3v) is 4.64. The fourth-order valence-electron chi connectivity index (χ4n) is 3.42. The molecular formula is C17H21N7. The average Bonchev–Trinajstić information content (AvgIpc) is 3.10. The van der Waals surface area contributed by atoms with Crippen molar-refractivity contribution in [3.63, 3.8) is 0 Å². The Morgan fingerprint density at radius 2 is 2.08 bits per heavy atom. The molecule has 7 nitrogen and oxygen atoms in total. The van der Waals surface area contributed by atoms with Crippen LogP contribution in [-0.4, -0.2) is 42.2 Å². The molecule has 124 valence electrons. The maximum Gasteiger partial charge on any atom is 0.145 e. The Hall–Kier alpha value is -2.54. The molecule has 1 fully saturated rings. The van der Waals surface area contributed by atoms with E-state index in [-0.39, 0.29) is 0 Å². The zero-order valence-electron chi connectivity index (χ0n) is 13.5. The monoisotopic (exact) mass is 323 g/mol. The first-order valence-corrected chi connectivity index (χ1v) is 8.37. The number of rotatable bonds is 4. The predicted octanol–water partition coefficient (Wildman–Crippen LogP) is 1.86. The van der Waals surface area contributed by atoms with Crippen LogP contribution in [0.15, 0.2) is 36.9 Å². The largest absolute Gasteiger partial charge is 0.383 e. The molecule has 2 N–H and O–H groups in total. The van der Waals surface area contributed by atoms with E-state index in [1.54, 1.807) is 12.7 Å². The van der Waals surface area contributed by atoms with E-state index in [1.807, 2.05) is 28.9 Å². The van der Waals surface area contributed by atoms with Crippen LogP contribution in [0, 0.1) is 0 Å². The number of aromatic nitrogens is 5. The van der Waals surface area contributed by atoms with Crippen LogP contribution in [-0.2, 0) is 13.1 Å². The molecule has 24 heavy (non-hydrogen) atoms. The summed E-state index contributed by atoms with van der Waals surface area (Å²) in [4.78, 5) is 15.7. The summed E-state index contributed by atoms with van der Waals surface area (Å²) in [6, 6.07) is 8.31. The molecule has 7 heteroatoms. The lowest BCUT2D eigenvalue weighted by molar-refractivity contribution is 0.119. The molecule has 0 saturated carbocycles. The highest BCUT2D eigenvalue weighted by Crippen LogP contribution is 2.22. The molecule has 3 heterocycles. The van der Waals surface area contributed by atoms with E-state index < -0.39 is 0 Å². The number of nitrogens with zero attached hydrogens (tertiary/aromatic N) is 6. The lowest BCUT2D eigenvalue weighted by atomic mass is 10.0. The Labute approximate surface area is 140 Å². The van der Waals surface area contributed by atoms with Crippen molar-refractivity contribution in [2.45, 2.75) is 38.4 Å². The van der Waals surface area contributed by atoms with Gasteiger partial charge in [-0.05, 0) is 31.5 Å². The molecule has 4 rings (SSSR count). The van der Waals surface area contributed by atoms with E-state index in [1.165, 1.54) is 12.8 Å². The fraction of sp³-hybridized carbons (Fsp3) is 0.412. The van der Waals surface area contributed by atoms with Gasteiger partial charge in [-0.15, -0.1) is 0 Å². The molecule has 0 spiro atoms. The van der Waals surface area contributed by atoms with Gasteiger partial charge in [0.25, 0.3) is 0 Å². The summed E-state index contributed by atoms with van der Waals surface area (Å²) < 4.78 is 1.90. The molecule has 0 aliphatic carbocycles. The standard InChI is InChI=1S/C17H21N7/c18-17-14-6-1-2-7-15(14)21-16(22-17)10-23-8-4-3-5-13(23)9-24-12-19-11-20-24/h1-2,6-7,11-13H,3-5,8-10H2,(H2,18,21,22)/t13-/m0/s1. The molecule has 0 unspecified atom stereocenters. The highest BCUT2D eigenvalue weighted by atomic mass is 15.3. The van der Waals surface area contributed by atoms with E-state index in [0.717, 1.165) is 36.2 Å². The molecule has 0 radical (unpaired) electrons.